The molecule has 0 aliphatic heterocycles. The molecule has 2 N–H and O–H groups in total. The molecule has 134 valence electrons. The van der Waals surface area contributed by atoms with E-state index in [2.05, 4.69) is 20.8 Å². The summed E-state index contributed by atoms with van der Waals surface area (Å²) >= 11 is 0. The van der Waals surface area contributed by atoms with Crippen molar-refractivity contribution in [2.75, 3.05) is 19.8 Å². The standard InChI is InChI=1S/C15H18FN5O4/c1-10-18-19-20-21(10)13(8-11-2-4-12(16)5-3-11)15(24)17-6-7-25-9-14(22)23/h2-5,13H,6-9H2,1H3,(H,17,24)(H,22,23). The second-order valence-corrected chi connectivity index (χ2v) is 5.25. The third-order valence-corrected chi connectivity index (χ3v) is 3.37. The Morgan fingerprint density at radius 2 is 2.08 bits per heavy atom. The van der Waals surface area contributed by atoms with Crippen molar-refractivity contribution in [3.8, 4) is 0 Å². The zero-order valence-electron chi connectivity index (χ0n) is 13.6. The van der Waals surface area contributed by atoms with Crippen LogP contribution >= 0.6 is 0 Å². The fourth-order valence-corrected chi connectivity index (χ4v) is 2.18. The van der Waals surface area contributed by atoms with Crippen LogP contribution in [0.5, 0.6) is 0 Å². The first-order valence-corrected chi connectivity index (χ1v) is 7.53. The van der Waals surface area contributed by atoms with Gasteiger partial charge in [-0.3, -0.25) is 4.79 Å². The van der Waals surface area contributed by atoms with E-state index in [1.807, 2.05) is 0 Å². The lowest BCUT2D eigenvalue weighted by Crippen LogP contribution is -2.37. The Morgan fingerprint density at radius 1 is 1.36 bits per heavy atom. The summed E-state index contributed by atoms with van der Waals surface area (Å²) in [7, 11) is 0. The highest BCUT2D eigenvalue weighted by atomic mass is 19.1. The van der Waals surface area contributed by atoms with E-state index in [0.29, 0.717) is 5.82 Å². The summed E-state index contributed by atoms with van der Waals surface area (Å²) in [6.07, 6.45) is 0.272. The molecule has 2 rings (SSSR count). The molecule has 2 aromatic rings. The van der Waals surface area contributed by atoms with Gasteiger partial charge in [0.05, 0.1) is 6.61 Å². The molecule has 1 atom stereocenters. The number of nitrogens with one attached hydrogen (secondary N) is 1. The van der Waals surface area contributed by atoms with E-state index < -0.39 is 18.6 Å². The van der Waals surface area contributed by atoms with Gasteiger partial charge >= 0.3 is 5.97 Å². The SMILES string of the molecule is Cc1nnnn1C(Cc1ccc(F)cc1)C(=O)NCCOCC(=O)O. The molecule has 1 amide bonds. The fraction of sp³-hybridized carbons (Fsp3) is 0.400. The third kappa shape index (κ3) is 5.60. The summed E-state index contributed by atoms with van der Waals surface area (Å²) in [6, 6.07) is 5.09. The molecule has 9 nitrogen and oxygen atoms in total. The minimum absolute atomic E-state index is 0.0654. The number of hydrogen-bond donors (Lipinski definition) is 2. The molecule has 0 saturated heterocycles. The molecule has 0 aliphatic carbocycles. The van der Waals surface area contributed by atoms with E-state index >= 15 is 0 Å². The molecule has 0 fully saturated rings. The van der Waals surface area contributed by atoms with Crippen LogP contribution in [0.15, 0.2) is 24.3 Å². The number of amides is 1. The molecule has 10 heteroatoms. The number of tetrazole rings is 1. The van der Waals surface area contributed by atoms with Crippen LogP contribution in [0.25, 0.3) is 0 Å². The zero-order chi connectivity index (χ0) is 18.2. The van der Waals surface area contributed by atoms with Crippen molar-refractivity contribution in [2.24, 2.45) is 0 Å². The molecule has 0 bridgehead atoms. The number of ether oxygens (including phenoxy) is 1. The maximum absolute atomic E-state index is 13.0. The molecule has 0 saturated carbocycles. The number of rotatable bonds is 9. The summed E-state index contributed by atoms with van der Waals surface area (Å²) < 4.78 is 19.3. The van der Waals surface area contributed by atoms with Gasteiger partial charge < -0.3 is 15.2 Å². The average Bonchev–Trinajstić information content (AvgIpc) is 2.99. The number of aryl methyl sites for hydroxylation is 1. The van der Waals surface area contributed by atoms with Gasteiger partial charge in [-0.2, -0.15) is 0 Å². The van der Waals surface area contributed by atoms with Crippen LogP contribution in [0.4, 0.5) is 4.39 Å². The van der Waals surface area contributed by atoms with Gasteiger partial charge in [-0.15, -0.1) is 5.10 Å². The largest absolute Gasteiger partial charge is 0.480 e. The molecule has 0 spiro atoms. The number of nitrogens with zero attached hydrogens (tertiary/aromatic N) is 4. The van der Waals surface area contributed by atoms with Gasteiger partial charge in [-0.05, 0) is 35.0 Å². The van der Waals surface area contributed by atoms with Gasteiger partial charge in [0.1, 0.15) is 24.3 Å². The van der Waals surface area contributed by atoms with Crippen LogP contribution in [-0.4, -0.2) is 56.9 Å². The van der Waals surface area contributed by atoms with Gasteiger partial charge in [-0.25, -0.2) is 13.9 Å². The summed E-state index contributed by atoms with van der Waals surface area (Å²) in [6.45, 7) is 1.45. The van der Waals surface area contributed by atoms with Crippen molar-refractivity contribution >= 4 is 11.9 Å². The molecule has 25 heavy (non-hydrogen) atoms. The molecule has 1 heterocycles. The minimum Gasteiger partial charge on any atom is -0.480 e. The van der Waals surface area contributed by atoms with Crippen LogP contribution in [0.1, 0.15) is 17.4 Å². The second-order valence-electron chi connectivity index (χ2n) is 5.25. The van der Waals surface area contributed by atoms with Crippen molar-refractivity contribution < 1.29 is 23.8 Å². The Bertz CT molecular complexity index is 719. The number of aliphatic carboxylic acids is 1. The molecule has 0 radical (unpaired) electrons. The number of benzene rings is 1. The lowest BCUT2D eigenvalue weighted by Gasteiger charge is -2.17. The first-order valence-electron chi connectivity index (χ1n) is 7.53. The van der Waals surface area contributed by atoms with Crippen LogP contribution in [0.2, 0.25) is 0 Å². The molecule has 0 aliphatic rings. The number of hydrogen-bond acceptors (Lipinski definition) is 6. The second kappa shape index (κ2) is 8.83. The van der Waals surface area contributed by atoms with Crippen molar-refractivity contribution in [3.63, 3.8) is 0 Å². The highest BCUT2D eigenvalue weighted by Crippen LogP contribution is 2.15. The normalized spacial score (nSPS) is 11.9. The van der Waals surface area contributed by atoms with E-state index in [0.717, 1.165) is 5.56 Å². The molecular weight excluding hydrogens is 333 g/mol. The Labute approximate surface area is 142 Å². The molecule has 1 aromatic heterocycles. The van der Waals surface area contributed by atoms with Gasteiger partial charge in [0.15, 0.2) is 0 Å². The molecule has 1 unspecified atom stereocenters. The number of aromatic nitrogens is 4. The lowest BCUT2D eigenvalue weighted by molar-refractivity contribution is -0.142. The summed E-state index contributed by atoms with van der Waals surface area (Å²) in [5, 5.41) is 22.3. The van der Waals surface area contributed by atoms with E-state index in [1.165, 1.54) is 16.8 Å². The van der Waals surface area contributed by atoms with E-state index in [1.54, 1.807) is 19.1 Å². The van der Waals surface area contributed by atoms with Crippen LogP contribution < -0.4 is 5.32 Å². The van der Waals surface area contributed by atoms with Crippen LogP contribution in [0, 0.1) is 12.7 Å². The fourth-order valence-electron chi connectivity index (χ4n) is 2.18. The Kier molecular flexibility index (Phi) is 6.52. The molecule has 1 aromatic carbocycles. The summed E-state index contributed by atoms with van der Waals surface area (Å²) in [5.74, 6) is -1.33. The highest BCUT2D eigenvalue weighted by molar-refractivity contribution is 5.80. The van der Waals surface area contributed by atoms with Gasteiger partial charge in [-0.1, -0.05) is 12.1 Å². The predicted octanol–water partition coefficient (Wildman–Crippen LogP) is 0.122. The minimum atomic E-state index is -1.08. The zero-order valence-corrected chi connectivity index (χ0v) is 13.6. The highest BCUT2D eigenvalue weighted by Gasteiger charge is 2.24. The first-order chi connectivity index (χ1) is 12.0. The topological polar surface area (TPSA) is 119 Å². The number of carboxylic acid groups (broad SMARTS) is 1. The van der Waals surface area contributed by atoms with Crippen molar-refractivity contribution in [3.05, 3.63) is 41.5 Å². The average molecular weight is 351 g/mol. The van der Waals surface area contributed by atoms with E-state index in [9.17, 15) is 14.0 Å². The van der Waals surface area contributed by atoms with Gasteiger partial charge in [0.25, 0.3) is 0 Å². The number of halogens is 1. The maximum Gasteiger partial charge on any atom is 0.329 e. The van der Waals surface area contributed by atoms with Crippen molar-refractivity contribution in [1.82, 2.24) is 25.5 Å². The van der Waals surface area contributed by atoms with E-state index in [-0.39, 0.29) is 31.3 Å². The maximum atomic E-state index is 13.0. The first kappa shape index (κ1) is 18.5. The van der Waals surface area contributed by atoms with Crippen molar-refractivity contribution in [2.45, 2.75) is 19.4 Å². The monoisotopic (exact) mass is 351 g/mol. The van der Waals surface area contributed by atoms with Crippen LogP contribution in [-0.2, 0) is 20.7 Å². The lowest BCUT2D eigenvalue weighted by atomic mass is 10.1. The Morgan fingerprint density at radius 3 is 2.68 bits per heavy atom. The number of carbonyl (C=O) groups excluding carboxylic acids is 1. The van der Waals surface area contributed by atoms with Gasteiger partial charge in [0.2, 0.25) is 5.91 Å². The quantitative estimate of drug-likeness (QED) is 0.616. The number of carbonyl (C=O) groups is 2. The van der Waals surface area contributed by atoms with Crippen LogP contribution in [0.3, 0.4) is 0 Å². The van der Waals surface area contributed by atoms with E-state index in [4.69, 9.17) is 9.84 Å². The Hall–Kier alpha value is -2.88. The molecular formula is C15H18FN5O4. The smallest absolute Gasteiger partial charge is 0.329 e. The van der Waals surface area contributed by atoms with Crippen molar-refractivity contribution in [1.29, 1.82) is 0 Å². The summed E-state index contributed by atoms with van der Waals surface area (Å²) in [4.78, 5) is 22.8. The predicted molar refractivity (Wildman–Crippen MR) is 83.2 cm³/mol. The third-order valence-electron chi connectivity index (χ3n) is 3.37. The number of carboxylic acids is 1. The van der Waals surface area contributed by atoms with Gasteiger partial charge in [0, 0.05) is 13.0 Å². The summed E-state index contributed by atoms with van der Waals surface area (Å²) in [5.41, 5.74) is 0.749. The Balaban J connectivity index is 2.01.